The van der Waals surface area contributed by atoms with Gasteiger partial charge < -0.3 is 15.0 Å². The summed E-state index contributed by atoms with van der Waals surface area (Å²) >= 11 is 0. The molecule has 0 radical (unpaired) electrons. The molecule has 2 aromatic carbocycles. The van der Waals surface area contributed by atoms with Crippen molar-refractivity contribution < 1.29 is 18.7 Å². The second-order valence-corrected chi connectivity index (χ2v) is 9.03. The number of pyridine rings is 1. The van der Waals surface area contributed by atoms with Crippen LogP contribution in [0, 0.1) is 5.82 Å². The molecule has 1 unspecified atom stereocenters. The molecule has 1 aromatic heterocycles. The average molecular weight is 448 g/mol. The SMILES string of the molecule is CC(C)(C)NC(=O)C1c2cnccc2OCC(=O)N1Cc1ccccc1-c1cccc(F)c1. The zero-order valence-electron chi connectivity index (χ0n) is 18.8. The number of carbonyl (C=O) groups is 2. The first-order chi connectivity index (χ1) is 15.7. The van der Waals surface area contributed by atoms with Gasteiger partial charge in [-0.3, -0.25) is 14.6 Å². The molecule has 1 atom stereocenters. The summed E-state index contributed by atoms with van der Waals surface area (Å²) in [6.07, 6.45) is 3.13. The van der Waals surface area contributed by atoms with Gasteiger partial charge in [0.15, 0.2) is 6.61 Å². The highest BCUT2D eigenvalue weighted by molar-refractivity contribution is 5.91. The van der Waals surface area contributed by atoms with E-state index in [0.717, 1.165) is 11.1 Å². The van der Waals surface area contributed by atoms with E-state index in [-0.39, 0.29) is 30.8 Å². The van der Waals surface area contributed by atoms with E-state index in [0.29, 0.717) is 16.9 Å². The fourth-order valence-corrected chi connectivity index (χ4v) is 3.94. The lowest BCUT2D eigenvalue weighted by molar-refractivity contribution is -0.142. The Morgan fingerprint density at radius 3 is 2.73 bits per heavy atom. The number of ether oxygens (including phenoxy) is 1. The van der Waals surface area contributed by atoms with Gasteiger partial charge in [0.1, 0.15) is 17.6 Å². The van der Waals surface area contributed by atoms with Crippen molar-refractivity contribution in [2.24, 2.45) is 0 Å². The molecule has 1 aliphatic rings. The lowest BCUT2D eigenvalue weighted by atomic mass is 9.97. The lowest BCUT2D eigenvalue weighted by Crippen LogP contribution is -2.49. The molecule has 4 rings (SSSR count). The van der Waals surface area contributed by atoms with Gasteiger partial charge in [0.2, 0.25) is 5.91 Å². The van der Waals surface area contributed by atoms with Crippen LogP contribution in [0.2, 0.25) is 0 Å². The van der Waals surface area contributed by atoms with Crippen molar-refractivity contribution in [2.75, 3.05) is 6.61 Å². The Hall–Kier alpha value is -3.74. The number of carbonyl (C=O) groups excluding carboxylic acids is 2. The number of hydrogen-bond donors (Lipinski definition) is 1. The number of nitrogens with zero attached hydrogens (tertiary/aromatic N) is 2. The van der Waals surface area contributed by atoms with Crippen molar-refractivity contribution in [3.63, 3.8) is 0 Å². The molecule has 3 aromatic rings. The van der Waals surface area contributed by atoms with Crippen molar-refractivity contribution in [3.05, 3.63) is 83.9 Å². The zero-order chi connectivity index (χ0) is 23.6. The molecule has 0 saturated carbocycles. The van der Waals surface area contributed by atoms with Crippen LogP contribution in [-0.2, 0) is 16.1 Å². The minimum absolute atomic E-state index is 0.144. The molecule has 2 amide bonds. The summed E-state index contributed by atoms with van der Waals surface area (Å²) in [4.78, 5) is 32.3. The molecular weight excluding hydrogens is 421 g/mol. The van der Waals surface area contributed by atoms with Gasteiger partial charge in [-0.2, -0.15) is 0 Å². The fourth-order valence-electron chi connectivity index (χ4n) is 3.94. The minimum Gasteiger partial charge on any atom is -0.483 e. The smallest absolute Gasteiger partial charge is 0.261 e. The number of halogens is 1. The normalized spacial score (nSPS) is 15.9. The quantitative estimate of drug-likeness (QED) is 0.649. The molecule has 1 aliphatic heterocycles. The summed E-state index contributed by atoms with van der Waals surface area (Å²) in [5.41, 5.74) is 2.30. The summed E-state index contributed by atoms with van der Waals surface area (Å²) in [6, 6.07) is 14.5. The first-order valence-electron chi connectivity index (χ1n) is 10.7. The van der Waals surface area contributed by atoms with Crippen LogP contribution in [0.4, 0.5) is 4.39 Å². The molecule has 1 N–H and O–H groups in total. The fraction of sp³-hybridized carbons (Fsp3) is 0.269. The van der Waals surface area contributed by atoms with Crippen LogP contribution in [0.5, 0.6) is 5.75 Å². The Balaban J connectivity index is 1.78. The summed E-state index contributed by atoms with van der Waals surface area (Å²) in [5.74, 6) is -0.537. The molecule has 0 fully saturated rings. The number of nitrogens with one attached hydrogen (secondary N) is 1. The first kappa shape index (κ1) is 22.5. The topological polar surface area (TPSA) is 71.5 Å². The van der Waals surface area contributed by atoms with Crippen molar-refractivity contribution in [1.82, 2.24) is 15.2 Å². The second-order valence-electron chi connectivity index (χ2n) is 9.03. The van der Waals surface area contributed by atoms with Crippen molar-refractivity contribution in [3.8, 4) is 16.9 Å². The van der Waals surface area contributed by atoms with Gasteiger partial charge in [-0.05, 0) is 55.7 Å². The molecule has 0 saturated heterocycles. The highest BCUT2D eigenvalue weighted by Gasteiger charge is 2.38. The van der Waals surface area contributed by atoms with E-state index in [1.165, 1.54) is 17.0 Å². The number of amides is 2. The van der Waals surface area contributed by atoms with Crippen LogP contribution in [0.15, 0.2) is 67.0 Å². The molecule has 170 valence electrons. The molecule has 6 nitrogen and oxygen atoms in total. The van der Waals surface area contributed by atoms with E-state index in [1.54, 1.807) is 24.5 Å². The largest absolute Gasteiger partial charge is 0.483 e. The van der Waals surface area contributed by atoms with Gasteiger partial charge in [-0.1, -0.05) is 36.4 Å². The van der Waals surface area contributed by atoms with Crippen molar-refractivity contribution >= 4 is 11.8 Å². The van der Waals surface area contributed by atoms with Gasteiger partial charge in [0.25, 0.3) is 5.91 Å². The van der Waals surface area contributed by atoms with E-state index < -0.39 is 11.6 Å². The monoisotopic (exact) mass is 447 g/mol. The van der Waals surface area contributed by atoms with Crippen LogP contribution in [0.3, 0.4) is 0 Å². The molecule has 7 heteroatoms. The third-order valence-corrected chi connectivity index (χ3v) is 5.33. The van der Waals surface area contributed by atoms with Gasteiger partial charge >= 0.3 is 0 Å². The molecule has 33 heavy (non-hydrogen) atoms. The molecule has 0 bridgehead atoms. The lowest BCUT2D eigenvalue weighted by Gasteiger charge is -2.32. The van der Waals surface area contributed by atoms with Crippen LogP contribution in [-0.4, -0.2) is 33.8 Å². The van der Waals surface area contributed by atoms with Crippen molar-refractivity contribution in [2.45, 2.75) is 38.9 Å². The summed E-state index contributed by atoms with van der Waals surface area (Å²) in [7, 11) is 0. The highest BCUT2D eigenvalue weighted by atomic mass is 19.1. The van der Waals surface area contributed by atoms with Gasteiger partial charge in [-0.15, -0.1) is 0 Å². The highest BCUT2D eigenvalue weighted by Crippen LogP contribution is 2.35. The predicted octanol–water partition coefficient (Wildman–Crippen LogP) is 4.26. The van der Waals surface area contributed by atoms with Crippen LogP contribution >= 0.6 is 0 Å². The van der Waals surface area contributed by atoms with Gasteiger partial charge in [0.05, 0.1) is 0 Å². The number of benzene rings is 2. The number of fused-ring (bicyclic) bond motifs is 1. The Labute approximate surface area is 192 Å². The maximum Gasteiger partial charge on any atom is 0.261 e. The number of rotatable bonds is 4. The summed E-state index contributed by atoms with van der Waals surface area (Å²) in [5, 5.41) is 2.98. The van der Waals surface area contributed by atoms with Crippen LogP contribution in [0.1, 0.15) is 37.9 Å². The van der Waals surface area contributed by atoms with E-state index in [1.807, 2.05) is 51.1 Å². The zero-order valence-corrected chi connectivity index (χ0v) is 18.8. The maximum atomic E-state index is 13.9. The summed E-state index contributed by atoms with van der Waals surface area (Å²) in [6.45, 7) is 5.60. The number of hydrogen-bond acceptors (Lipinski definition) is 4. The van der Waals surface area contributed by atoms with Crippen molar-refractivity contribution in [1.29, 1.82) is 0 Å². The molecular formula is C26H26FN3O3. The summed E-state index contributed by atoms with van der Waals surface area (Å²) < 4.78 is 19.6. The third kappa shape index (κ3) is 5.03. The average Bonchev–Trinajstić information content (AvgIpc) is 2.90. The standard InChI is InChI=1S/C26H26FN3O3/c1-26(2,3)29-25(32)24-21-14-28-12-11-22(21)33-16-23(31)30(24)15-18-7-4-5-10-20(18)17-8-6-9-19(27)13-17/h4-14,24H,15-16H2,1-3H3,(H,29,32). The minimum atomic E-state index is -0.927. The maximum absolute atomic E-state index is 13.9. The van der Waals surface area contributed by atoms with E-state index >= 15 is 0 Å². The van der Waals surface area contributed by atoms with Crippen LogP contribution in [0.25, 0.3) is 11.1 Å². The predicted molar refractivity (Wildman–Crippen MR) is 123 cm³/mol. The molecule has 0 spiro atoms. The van der Waals surface area contributed by atoms with Gasteiger partial charge in [-0.25, -0.2) is 4.39 Å². The van der Waals surface area contributed by atoms with E-state index in [2.05, 4.69) is 10.3 Å². The Kier molecular flexibility index (Phi) is 6.14. The first-order valence-corrected chi connectivity index (χ1v) is 10.7. The van der Waals surface area contributed by atoms with Gasteiger partial charge in [0, 0.05) is 30.0 Å². The molecule has 2 heterocycles. The Bertz CT molecular complexity index is 1190. The third-order valence-electron chi connectivity index (χ3n) is 5.33. The molecule has 0 aliphatic carbocycles. The van der Waals surface area contributed by atoms with E-state index in [4.69, 9.17) is 4.74 Å². The second kappa shape index (κ2) is 9.02. The Morgan fingerprint density at radius 2 is 1.97 bits per heavy atom. The van der Waals surface area contributed by atoms with E-state index in [9.17, 15) is 14.0 Å². The van der Waals surface area contributed by atoms with Crippen LogP contribution < -0.4 is 10.1 Å². The Morgan fingerprint density at radius 1 is 1.18 bits per heavy atom. The number of aromatic nitrogens is 1.